The average Bonchev–Trinajstić information content (AvgIpc) is 2.76. The first-order chi connectivity index (χ1) is 8.19. The number of hydrogen-bond acceptors (Lipinski definition) is 3. The van der Waals surface area contributed by atoms with Gasteiger partial charge in [-0.2, -0.15) is 0 Å². The third-order valence-corrected chi connectivity index (χ3v) is 3.01. The van der Waals surface area contributed by atoms with Gasteiger partial charge in [-0.1, -0.05) is 12.1 Å². The van der Waals surface area contributed by atoms with E-state index in [2.05, 4.69) is 0 Å². The summed E-state index contributed by atoms with van der Waals surface area (Å²) >= 11 is 0. The van der Waals surface area contributed by atoms with E-state index in [0.29, 0.717) is 25.9 Å². The molecule has 0 saturated carbocycles. The van der Waals surface area contributed by atoms with Gasteiger partial charge in [-0.3, -0.25) is 4.79 Å². The van der Waals surface area contributed by atoms with E-state index in [1.807, 2.05) is 24.3 Å². The van der Waals surface area contributed by atoms with Crippen LogP contribution in [0.25, 0.3) is 0 Å². The van der Waals surface area contributed by atoms with Gasteiger partial charge in [-0.15, -0.1) is 0 Å². The molecule has 4 nitrogen and oxygen atoms in total. The molecule has 1 heterocycles. The van der Waals surface area contributed by atoms with Crippen molar-refractivity contribution < 1.29 is 14.6 Å². The van der Waals surface area contributed by atoms with Crippen molar-refractivity contribution >= 4 is 5.91 Å². The van der Waals surface area contributed by atoms with Crippen LogP contribution in [0.15, 0.2) is 24.3 Å². The van der Waals surface area contributed by atoms with Gasteiger partial charge in [0.1, 0.15) is 5.75 Å². The Balaban J connectivity index is 1.98. The summed E-state index contributed by atoms with van der Waals surface area (Å²) in [5, 5.41) is 9.38. The highest BCUT2D eigenvalue weighted by Crippen LogP contribution is 2.15. The van der Waals surface area contributed by atoms with E-state index in [1.54, 1.807) is 12.0 Å². The molecule has 0 spiro atoms. The number of aliphatic hydroxyl groups excluding tert-OH is 1. The molecule has 1 saturated heterocycles. The van der Waals surface area contributed by atoms with Gasteiger partial charge in [0, 0.05) is 13.1 Å². The van der Waals surface area contributed by atoms with Crippen molar-refractivity contribution in [1.29, 1.82) is 0 Å². The number of β-amino-alcohol motifs (C(OH)–C–C–N with tert-alkyl or cyclic N) is 1. The lowest BCUT2D eigenvalue weighted by atomic mass is 10.1. The summed E-state index contributed by atoms with van der Waals surface area (Å²) in [5.74, 6) is 0.826. The number of carbonyl (C=O) groups excluding carboxylic acids is 1. The maximum absolute atomic E-state index is 11.9. The molecule has 2 rings (SSSR count). The largest absolute Gasteiger partial charge is 0.497 e. The van der Waals surface area contributed by atoms with Crippen molar-refractivity contribution in [3.63, 3.8) is 0 Å². The van der Waals surface area contributed by atoms with Crippen molar-refractivity contribution in [3.05, 3.63) is 29.8 Å². The van der Waals surface area contributed by atoms with Crippen LogP contribution in [0.4, 0.5) is 0 Å². The molecule has 1 aliphatic rings. The van der Waals surface area contributed by atoms with Crippen LogP contribution in [-0.2, 0) is 11.2 Å². The third-order valence-electron chi connectivity index (χ3n) is 3.01. The summed E-state index contributed by atoms with van der Waals surface area (Å²) < 4.78 is 5.11. The first-order valence-corrected chi connectivity index (χ1v) is 5.78. The summed E-state index contributed by atoms with van der Waals surface area (Å²) in [6.07, 6.45) is 0.692. The van der Waals surface area contributed by atoms with E-state index in [9.17, 15) is 9.90 Å². The minimum Gasteiger partial charge on any atom is -0.497 e. The molecule has 1 unspecified atom stereocenters. The Morgan fingerprint density at radius 2 is 2.41 bits per heavy atom. The van der Waals surface area contributed by atoms with E-state index >= 15 is 0 Å². The molecule has 92 valence electrons. The number of carbonyl (C=O) groups is 1. The van der Waals surface area contributed by atoms with Crippen molar-refractivity contribution in [2.45, 2.75) is 18.9 Å². The summed E-state index contributed by atoms with van der Waals surface area (Å²) in [5.41, 5.74) is 0.940. The SMILES string of the molecule is COc1cccc(CC(=O)N2CCC(O)C2)c1. The lowest BCUT2D eigenvalue weighted by Gasteiger charge is -2.15. The zero-order valence-electron chi connectivity index (χ0n) is 9.93. The average molecular weight is 235 g/mol. The Morgan fingerprint density at radius 3 is 3.06 bits per heavy atom. The lowest BCUT2D eigenvalue weighted by molar-refractivity contribution is -0.129. The maximum Gasteiger partial charge on any atom is 0.227 e. The highest BCUT2D eigenvalue weighted by atomic mass is 16.5. The fraction of sp³-hybridized carbons (Fsp3) is 0.462. The number of hydrogen-bond donors (Lipinski definition) is 1. The first kappa shape index (κ1) is 11.9. The number of ether oxygens (including phenoxy) is 1. The number of amides is 1. The number of likely N-dealkylation sites (tertiary alicyclic amines) is 1. The van der Waals surface area contributed by atoms with Crippen LogP contribution in [0.3, 0.4) is 0 Å². The predicted molar refractivity (Wildman–Crippen MR) is 63.9 cm³/mol. The predicted octanol–water partition coefficient (Wildman–Crippen LogP) is 0.831. The summed E-state index contributed by atoms with van der Waals surface area (Å²) in [6, 6.07) is 7.51. The molecule has 1 aliphatic heterocycles. The van der Waals surface area contributed by atoms with E-state index in [0.717, 1.165) is 11.3 Å². The smallest absolute Gasteiger partial charge is 0.227 e. The van der Waals surface area contributed by atoms with Crippen molar-refractivity contribution in [2.24, 2.45) is 0 Å². The minimum atomic E-state index is -0.357. The van der Waals surface area contributed by atoms with Gasteiger partial charge in [0.2, 0.25) is 5.91 Å². The molecule has 17 heavy (non-hydrogen) atoms. The van der Waals surface area contributed by atoms with Gasteiger partial charge in [-0.25, -0.2) is 0 Å². The number of methoxy groups -OCH3 is 1. The fourth-order valence-corrected chi connectivity index (χ4v) is 2.04. The number of nitrogens with zero attached hydrogens (tertiary/aromatic N) is 1. The van der Waals surface area contributed by atoms with Crippen molar-refractivity contribution in [1.82, 2.24) is 4.90 Å². The molecule has 0 aromatic heterocycles. The fourth-order valence-electron chi connectivity index (χ4n) is 2.04. The third kappa shape index (κ3) is 2.97. The molecular formula is C13H17NO3. The molecule has 4 heteroatoms. The summed E-state index contributed by atoms with van der Waals surface area (Å²) in [4.78, 5) is 13.6. The standard InChI is InChI=1S/C13H17NO3/c1-17-12-4-2-3-10(7-12)8-13(16)14-6-5-11(15)9-14/h2-4,7,11,15H,5-6,8-9H2,1H3. The van der Waals surface area contributed by atoms with Crippen LogP contribution in [0.1, 0.15) is 12.0 Å². The van der Waals surface area contributed by atoms with E-state index in [1.165, 1.54) is 0 Å². The molecule has 1 aromatic rings. The number of aliphatic hydroxyl groups is 1. The van der Waals surface area contributed by atoms with Crippen LogP contribution in [0.5, 0.6) is 5.75 Å². The van der Waals surface area contributed by atoms with Crippen LogP contribution >= 0.6 is 0 Å². The van der Waals surface area contributed by atoms with E-state index in [-0.39, 0.29) is 12.0 Å². The Bertz CT molecular complexity index is 405. The second-order valence-corrected chi connectivity index (χ2v) is 4.31. The molecule has 1 aromatic carbocycles. The molecule has 0 bridgehead atoms. The molecular weight excluding hydrogens is 218 g/mol. The Labute approximate surface area is 101 Å². The Hall–Kier alpha value is -1.55. The van der Waals surface area contributed by atoms with Gasteiger partial charge in [0.25, 0.3) is 0 Å². The van der Waals surface area contributed by atoms with Crippen LogP contribution in [-0.4, -0.2) is 42.2 Å². The molecule has 0 aliphatic carbocycles. The number of rotatable bonds is 3. The van der Waals surface area contributed by atoms with Gasteiger partial charge >= 0.3 is 0 Å². The van der Waals surface area contributed by atoms with Gasteiger partial charge in [0.05, 0.1) is 19.6 Å². The normalized spacial score (nSPS) is 19.4. The molecule has 1 amide bonds. The quantitative estimate of drug-likeness (QED) is 0.844. The van der Waals surface area contributed by atoms with Crippen LogP contribution in [0.2, 0.25) is 0 Å². The van der Waals surface area contributed by atoms with Gasteiger partial charge in [-0.05, 0) is 24.1 Å². The second-order valence-electron chi connectivity index (χ2n) is 4.31. The Kier molecular flexibility index (Phi) is 3.64. The van der Waals surface area contributed by atoms with E-state index < -0.39 is 0 Å². The minimum absolute atomic E-state index is 0.0646. The molecule has 1 atom stereocenters. The topological polar surface area (TPSA) is 49.8 Å². The molecule has 0 radical (unpaired) electrons. The first-order valence-electron chi connectivity index (χ1n) is 5.78. The monoisotopic (exact) mass is 235 g/mol. The highest BCUT2D eigenvalue weighted by Gasteiger charge is 2.24. The highest BCUT2D eigenvalue weighted by molar-refractivity contribution is 5.79. The van der Waals surface area contributed by atoms with Crippen molar-refractivity contribution in [2.75, 3.05) is 20.2 Å². The maximum atomic E-state index is 11.9. The van der Waals surface area contributed by atoms with Crippen molar-refractivity contribution in [3.8, 4) is 5.75 Å². The molecule has 1 N–H and O–H groups in total. The second kappa shape index (κ2) is 5.19. The summed E-state index contributed by atoms with van der Waals surface area (Å²) in [7, 11) is 1.61. The lowest BCUT2D eigenvalue weighted by Crippen LogP contribution is -2.30. The van der Waals surface area contributed by atoms with Gasteiger partial charge in [0.15, 0.2) is 0 Å². The van der Waals surface area contributed by atoms with Crippen LogP contribution in [0, 0.1) is 0 Å². The zero-order valence-corrected chi connectivity index (χ0v) is 9.93. The summed E-state index contributed by atoms with van der Waals surface area (Å²) in [6.45, 7) is 1.12. The molecule has 1 fully saturated rings. The van der Waals surface area contributed by atoms with Crippen LogP contribution < -0.4 is 4.74 Å². The van der Waals surface area contributed by atoms with E-state index in [4.69, 9.17) is 4.74 Å². The van der Waals surface area contributed by atoms with Gasteiger partial charge < -0.3 is 14.7 Å². The Morgan fingerprint density at radius 1 is 1.59 bits per heavy atom. The zero-order chi connectivity index (χ0) is 12.3. The number of benzene rings is 1.